The Morgan fingerprint density at radius 2 is 1.64 bits per heavy atom. The second kappa shape index (κ2) is 17.8. The molecule has 1 aromatic rings. The highest BCUT2D eigenvalue weighted by Crippen LogP contribution is 2.36. The number of hydrogen-bond acceptors (Lipinski definition) is 9. The van der Waals surface area contributed by atoms with Gasteiger partial charge < -0.3 is 35.1 Å². The maximum absolute atomic E-state index is 12.8. The summed E-state index contributed by atoms with van der Waals surface area (Å²) in [4.78, 5) is 67.3. The molecule has 250 valence electrons. The van der Waals surface area contributed by atoms with Crippen molar-refractivity contribution in [2.24, 2.45) is 11.8 Å². The normalized spacial score (nSPS) is 21.7. The molecule has 1 aliphatic carbocycles. The van der Waals surface area contributed by atoms with E-state index >= 15 is 0 Å². The molecule has 0 unspecified atom stereocenters. The van der Waals surface area contributed by atoms with E-state index in [2.05, 4.69) is 20.9 Å². The van der Waals surface area contributed by atoms with Gasteiger partial charge in [0.15, 0.2) is 0 Å². The van der Waals surface area contributed by atoms with Crippen molar-refractivity contribution in [1.82, 2.24) is 25.8 Å². The standard InChI is InChI=1S/C32H49N5O8/c1-32(2,3)45-31(42)22-7-9-24(10-8-22)36-27(39)12-16-43-18-19-44-17-15-34-26(38)11-14-35-30(41)25-20-28(40)37(4)29(25)23-6-5-13-33-21-23/h5-6,13,21-22,24-25,29H,7-12,14-20H2,1-4H3,(H,34,38)(H,35,41)(H,36,39)/t22-,24+,25-,29+/m0/s1. The number of rotatable bonds is 16. The third-order valence-corrected chi connectivity index (χ3v) is 7.85. The summed E-state index contributed by atoms with van der Waals surface area (Å²) in [5.74, 6) is -1.48. The maximum Gasteiger partial charge on any atom is 0.309 e. The average Bonchev–Trinajstić information content (AvgIpc) is 3.29. The highest BCUT2D eigenvalue weighted by Gasteiger charge is 2.42. The number of amides is 4. The number of likely N-dealkylation sites (tertiary alicyclic amines) is 1. The number of pyridine rings is 1. The second-order valence-electron chi connectivity index (χ2n) is 12.6. The van der Waals surface area contributed by atoms with Crippen LogP contribution in [0.1, 0.15) is 77.3 Å². The van der Waals surface area contributed by atoms with E-state index in [1.54, 1.807) is 30.4 Å². The number of aromatic nitrogens is 1. The van der Waals surface area contributed by atoms with E-state index in [9.17, 15) is 24.0 Å². The van der Waals surface area contributed by atoms with Crippen LogP contribution in [0.2, 0.25) is 0 Å². The summed E-state index contributed by atoms with van der Waals surface area (Å²) < 4.78 is 16.4. The average molecular weight is 632 g/mol. The molecule has 1 aromatic heterocycles. The number of carbonyl (C=O) groups is 5. The summed E-state index contributed by atoms with van der Waals surface area (Å²) in [6.45, 7) is 7.30. The van der Waals surface area contributed by atoms with E-state index < -0.39 is 11.5 Å². The van der Waals surface area contributed by atoms with Crippen molar-refractivity contribution < 1.29 is 38.2 Å². The highest BCUT2D eigenvalue weighted by molar-refractivity contribution is 5.90. The van der Waals surface area contributed by atoms with Crippen LogP contribution >= 0.6 is 0 Å². The van der Waals surface area contributed by atoms with Crippen molar-refractivity contribution in [1.29, 1.82) is 0 Å². The van der Waals surface area contributed by atoms with E-state index in [4.69, 9.17) is 14.2 Å². The SMILES string of the molecule is CN1C(=O)C[C@H](C(=O)NCCC(=O)NCCOCCOCCC(=O)N[C@H]2CC[C@@H](C(=O)OC(C)(C)C)CC2)[C@H]1c1cccnc1. The zero-order valence-corrected chi connectivity index (χ0v) is 27.0. The summed E-state index contributed by atoms with van der Waals surface area (Å²) in [6, 6.07) is 3.30. The molecular weight excluding hydrogens is 582 g/mol. The number of carbonyl (C=O) groups excluding carboxylic acids is 5. The lowest BCUT2D eigenvalue weighted by Crippen LogP contribution is -2.40. The van der Waals surface area contributed by atoms with E-state index in [1.165, 1.54) is 0 Å². The minimum absolute atomic E-state index is 0.0655. The summed E-state index contributed by atoms with van der Waals surface area (Å²) in [6.07, 6.45) is 6.69. The zero-order chi connectivity index (χ0) is 32.8. The molecule has 1 saturated carbocycles. The smallest absolute Gasteiger partial charge is 0.309 e. The van der Waals surface area contributed by atoms with Crippen LogP contribution in [0, 0.1) is 11.8 Å². The lowest BCUT2D eigenvalue weighted by atomic mass is 9.86. The molecule has 0 spiro atoms. The molecule has 2 heterocycles. The van der Waals surface area contributed by atoms with Crippen molar-refractivity contribution in [2.45, 2.75) is 83.4 Å². The van der Waals surface area contributed by atoms with E-state index in [1.807, 2.05) is 26.8 Å². The van der Waals surface area contributed by atoms with E-state index in [0.717, 1.165) is 18.4 Å². The van der Waals surface area contributed by atoms with Crippen molar-refractivity contribution >= 4 is 29.6 Å². The number of nitrogens with one attached hydrogen (secondary N) is 3. The molecule has 3 N–H and O–H groups in total. The molecule has 0 radical (unpaired) electrons. The van der Waals surface area contributed by atoms with Crippen LogP contribution in [0.15, 0.2) is 24.5 Å². The first-order chi connectivity index (χ1) is 21.4. The van der Waals surface area contributed by atoms with Gasteiger partial charge in [-0.05, 0) is 58.1 Å². The quantitative estimate of drug-likeness (QED) is 0.182. The fraction of sp³-hybridized carbons (Fsp3) is 0.688. The first kappa shape index (κ1) is 35.9. The molecule has 1 saturated heterocycles. The predicted molar refractivity (Wildman–Crippen MR) is 164 cm³/mol. The van der Waals surface area contributed by atoms with Crippen molar-refractivity contribution in [3.63, 3.8) is 0 Å². The Morgan fingerprint density at radius 1 is 0.933 bits per heavy atom. The van der Waals surface area contributed by atoms with Crippen molar-refractivity contribution in [3.05, 3.63) is 30.1 Å². The fourth-order valence-electron chi connectivity index (χ4n) is 5.54. The van der Waals surface area contributed by atoms with Crippen LogP contribution in [0.25, 0.3) is 0 Å². The summed E-state index contributed by atoms with van der Waals surface area (Å²) in [5, 5.41) is 8.54. The topological polar surface area (TPSA) is 165 Å². The minimum Gasteiger partial charge on any atom is -0.460 e. The second-order valence-corrected chi connectivity index (χ2v) is 12.6. The lowest BCUT2D eigenvalue weighted by molar-refractivity contribution is -0.161. The number of esters is 1. The van der Waals surface area contributed by atoms with Gasteiger partial charge in [-0.25, -0.2) is 0 Å². The van der Waals surface area contributed by atoms with Crippen LogP contribution in [0.5, 0.6) is 0 Å². The Bertz CT molecular complexity index is 1130. The molecular formula is C32H49N5O8. The summed E-state index contributed by atoms with van der Waals surface area (Å²) in [5.41, 5.74) is 0.307. The first-order valence-electron chi connectivity index (χ1n) is 15.8. The van der Waals surface area contributed by atoms with Gasteiger partial charge in [0.25, 0.3) is 0 Å². The van der Waals surface area contributed by atoms with E-state index in [0.29, 0.717) is 39.2 Å². The fourth-order valence-corrected chi connectivity index (χ4v) is 5.54. The molecule has 2 fully saturated rings. The van der Waals surface area contributed by atoms with Crippen LogP contribution in [0.4, 0.5) is 0 Å². The first-order valence-corrected chi connectivity index (χ1v) is 15.8. The molecule has 45 heavy (non-hydrogen) atoms. The van der Waals surface area contributed by atoms with Gasteiger partial charge in [-0.15, -0.1) is 0 Å². The molecule has 13 nitrogen and oxygen atoms in total. The van der Waals surface area contributed by atoms with Gasteiger partial charge in [-0.1, -0.05) is 6.07 Å². The van der Waals surface area contributed by atoms with Gasteiger partial charge in [0, 0.05) is 57.8 Å². The monoisotopic (exact) mass is 631 g/mol. The number of ether oxygens (including phenoxy) is 3. The molecule has 3 rings (SSSR count). The molecule has 1 aliphatic heterocycles. The van der Waals surface area contributed by atoms with Crippen LogP contribution in [-0.2, 0) is 38.2 Å². The highest BCUT2D eigenvalue weighted by atomic mass is 16.6. The van der Waals surface area contributed by atoms with Gasteiger partial charge in [0.2, 0.25) is 23.6 Å². The van der Waals surface area contributed by atoms with Gasteiger partial charge in [-0.3, -0.25) is 29.0 Å². The molecule has 0 aromatic carbocycles. The lowest BCUT2D eigenvalue weighted by Gasteiger charge is -2.30. The number of hydrogen-bond donors (Lipinski definition) is 3. The molecule has 2 atom stereocenters. The molecule has 0 bridgehead atoms. The van der Waals surface area contributed by atoms with Crippen LogP contribution in [0.3, 0.4) is 0 Å². The van der Waals surface area contributed by atoms with Gasteiger partial charge in [0.1, 0.15) is 5.60 Å². The Morgan fingerprint density at radius 3 is 2.31 bits per heavy atom. The summed E-state index contributed by atoms with van der Waals surface area (Å²) >= 11 is 0. The third kappa shape index (κ3) is 12.4. The Kier molecular flexibility index (Phi) is 14.2. The van der Waals surface area contributed by atoms with Crippen LogP contribution < -0.4 is 16.0 Å². The maximum atomic E-state index is 12.8. The molecule has 4 amide bonds. The number of nitrogens with zero attached hydrogens (tertiary/aromatic N) is 2. The van der Waals surface area contributed by atoms with Gasteiger partial charge >= 0.3 is 5.97 Å². The largest absolute Gasteiger partial charge is 0.460 e. The van der Waals surface area contributed by atoms with Gasteiger partial charge in [-0.2, -0.15) is 0 Å². The Labute approximate surface area is 265 Å². The Balaban J connectivity index is 1.16. The molecule has 2 aliphatic rings. The van der Waals surface area contributed by atoms with Crippen molar-refractivity contribution in [3.8, 4) is 0 Å². The van der Waals surface area contributed by atoms with Crippen LogP contribution in [-0.4, -0.2) is 97.7 Å². The van der Waals surface area contributed by atoms with Crippen molar-refractivity contribution in [2.75, 3.05) is 46.6 Å². The minimum atomic E-state index is -0.544. The van der Waals surface area contributed by atoms with E-state index in [-0.39, 0.29) is 80.0 Å². The Hall–Kier alpha value is -3.58. The van der Waals surface area contributed by atoms with Gasteiger partial charge in [0.05, 0.1) is 44.3 Å². The predicted octanol–water partition coefficient (Wildman–Crippen LogP) is 1.66. The zero-order valence-electron chi connectivity index (χ0n) is 27.0. The molecule has 13 heteroatoms. The summed E-state index contributed by atoms with van der Waals surface area (Å²) in [7, 11) is 1.68. The third-order valence-electron chi connectivity index (χ3n) is 7.85.